The normalized spacial score (nSPS) is 11.6. The van der Waals surface area contributed by atoms with Crippen LogP contribution in [0.3, 0.4) is 0 Å². The molecule has 0 aliphatic heterocycles. The van der Waals surface area contributed by atoms with Gasteiger partial charge in [0.05, 0.1) is 0 Å². The largest absolute Gasteiger partial charge is 0.0646 e. The van der Waals surface area contributed by atoms with Gasteiger partial charge in [0.25, 0.3) is 0 Å². The van der Waals surface area contributed by atoms with E-state index in [4.69, 9.17) is 0 Å². The van der Waals surface area contributed by atoms with E-state index >= 15 is 0 Å². The fraction of sp³-hybridized carbons (Fsp3) is 0.368. The molecule has 0 fully saturated rings. The Labute approximate surface area is 117 Å². The standard InChI is InChI=1S/C19H24/c1-5-19(3,4)18-12-10-16(11-13-18)14-17-9-7-6-8-15(17)2/h6-13H,5,14H2,1-4H3. The summed E-state index contributed by atoms with van der Waals surface area (Å²) < 4.78 is 0. The third-order valence-corrected chi connectivity index (χ3v) is 4.28. The maximum absolute atomic E-state index is 2.31. The Hall–Kier alpha value is -1.56. The summed E-state index contributed by atoms with van der Waals surface area (Å²) in [6.07, 6.45) is 2.20. The molecule has 0 saturated carbocycles. The molecule has 0 atom stereocenters. The van der Waals surface area contributed by atoms with E-state index in [1.54, 1.807) is 0 Å². The molecule has 0 amide bonds. The quantitative estimate of drug-likeness (QED) is 0.695. The zero-order valence-corrected chi connectivity index (χ0v) is 12.5. The average Bonchev–Trinajstić information content (AvgIpc) is 2.42. The monoisotopic (exact) mass is 252 g/mol. The number of hydrogen-bond donors (Lipinski definition) is 0. The Morgan fingerprint density at radius 3 is 2.11 bits per heavy atom. The summed E-state index contributed by atoms with van der Waals surface area (Å²) in [5.74, 6) is 0. The predicted molar refractivity (Wildman–Crippen MR) is 83.7 cm³/mol. The lowest BCUT2D eigenvalue weighted by molar-refractivity contribution is 0.506. The van der Waals surface area contributed by atoms with Crippen LogP contribution < -0.4 is 0 Å². The number of rotatable bonds is 4. The molecule has 19 heavy (non-hydrogen) atoms. The highest BCUT2D eigenvalue weighted by Crippen LogP contribution is 2.27. The van der Waals surface area contributed by atoms with E-state index in [2.05, 4.69) is 76.2 Å². The Balaban J connectivity index is 2.18. The smallest absolute Gasteiger partial charge is 0.00231 e. The summed E-state index contributed by atoms with van der Waals surface area (Å²) >= 11 is 0. The fourth-order valence-corrected chi connectivity index (χ4v) is 2.31. The molecule has 0 unspecified atom stereocenters. The fourth-order valence-electron chi connectivity index (χ4n) is 2.31. The van der Waals surface area contributed by atoms with E-state index in [0.29, 0.717) is 0 Å². The number of benzene rings is 2. The van der Waals surface area contributed by atoms with Gasteiger partial charge in [-0.1, -0.05) is 69.3 Å². The molecule has 0 heteroatoms. The van der Waals surface area contributed by atoms with Gasteiger partial charge in [-0.25, -0.2) is 0 Å². The maximum Gasteiger partial charge on any atom is -0.00231 e. The average molecular weight is 252 g/mol. The summed E-state index contributed by atoms with van der Waals surface area (Å²) in [5, 5.41) is 0. The molecule has 0 N–H and O–H groups in total. The number of hydrogen-bond acceptors (Lipinski definition) is 0. The van der Waals surface area contributed by atoms with Crippen molar-refractivity contribution in [1.82, 2.24) is 0 Å². The minimum absolute atomic E-state index is 0.279. The number of aryl methyl sites for hydroxylation is 1. The van der Waals surface area contributed by atoms with Gasteiger partial charge in [0.15, 0.2) is 0 Å². The Bertz CT molecular complexity index is 532. The highest BCUT2D eigenvalue weighted by Gasteiger charge is 2.17. The lowest BCUT2D eigenvalue weighted by atomic mass is 9.82. The third kappa shape index (κ3) is 3.26. The third-order valence-electron chi connectivity index (χ3n) is 4.28. The highest BCUT2D eigenvalue weighted by atomic mass is 14.2. The highest BCUT2D eigenvalue weighted by molar-refractivity contribution is 5.34. The molecule has 0 aromatic heterocycles. The summed E-state index contributed by atoms with van der Waals surface area (Å²) in [4.78, 5) is 0. The molecule has 0 aliphatic carbocycles. The molecule has 2 aromatic carbocycles. The molecule has 100 valence electrons. The van der Waals surface area contributed by atoms with Gasteiger partial charge in [-0.15, -0.1) is 0 Å². The SMILES string of the molecule is CCC(C)(C)c1ccc(Cc2ccccc2C)cc1. The molecule has 0 aliphatic rings. The van der Waals surface area contributed by atoms with Crippen molar-refractivity contribution in [3.05, 3.63) is 70.8 Å². The lowest BCUT2D eigenvalue weighted by Crippen LogP contribution is -2.15. The van der Waals surface area contributed by atoms with Gasteiger partial charge in [0.1, 0.15) is 0 Å². The summed E-state index contributed by atoms with van der Waals surface area (Å²) in [6, 6.07) is 17.8. The molecule has 0 heterocycles. The van der Waals surface area contributed by atoms with Gasteiger partial charge in [-0.3, -0.25) is 0 Å². The summed E-state index contributed by atoms with van der Waals surface area (Å²) in [6.45, 7) is 9.05. The van der Waals surface area contributed by atoms with Crippen molar-refractivity contribution < 1.29 is 0 Å². The van der Waals surface area contributed by atoms with Crippen molar-refractivity contribution in [1.29, 1.82) is 0 Å². The van der Waals surface area contributed by atoms with Gasteiger partial charge >= 0.3 is 0 Å². The second-order valence-electron chi connectivity index (χ2n) is 6.04. The zero-order chi connectivity index (χ0) is 13.9. The van der Waals surface area contributed by atoms with Crippen LogP contribution in [-0.4, -0.2) is 0 Å². The minimum atomic E-state index is 0.279. The molecule has 0 saturated heterocycles. The van der Waals surface area contributed by atoms with Gasteiger partial charge in [0, 0.05) is 0 Å². The van der Waals surface area contributed by atoms with Crippen molar-refractivity contribution in [3.63, 3.8) is 0 Å². The van der Waals surface area contributed by atoms with Crippen LogP contribution in [0.25, 0.3) is 0 Å². The van der Waals surface area contributed by atoms with Crippen molar-refractivity contribution >= 4 is 0 Å². The summed E-state index contributed by atoms with van der Waals surface area (Å²) in [7, 11) is 0. The zero-order valence-electron chi connectivity index (χ0n) is 12.5. The van der Waals surface area contributed by atoms with Crippen LogP contribution in [0.15, 0.2) is 48.5 Å². The van der Waals surface area contributed by atoms with E-state index in [0.717, 1.165) is 6.42 Å². The molecular weight excluding hydrogens is 228 g/mol. The van der Waals surface area contributed by atoms with Gasteiger partial charge in [-0.05, 0) is 47.4 Å². The van der Waals surface area contributed by atoms with Crippen LogP contribution in [0.4, 0.5) is 0 Å². The van der Waals surface area contributed by atoms with Crippen LogP contribution in [0.5, 0.6) is 0 Å². The Morgan fingerprint density at radius 2 is 1.53 bits per heavy atom. The molecular formula is C19H24. The lowest BCUT2D eigenvalue weighted by Gasteiger charge is -2.23. The molecule has 0 bridgehead atoms. The predicted octanol–water partition coefficient (Wildman–Crippen LogP) is 5.27. The van der Waals surface area contributed by atoms with E-state index in [-0.39, 0.29) is 5.41 Å². The second-order valence-corrected chi connectivity index (χ2v) is 6.04. The van der Waals surface area contributed by atoms with Crippen molar-refractivity contribution in [2.45, 2.75) is 46.0 Å². The van der Waals surface area contributed by atoms with Crippen molar-refractivity contribution in [2.24, 2.45) is 0 Å². The van der Waals surface area contributed by atoms with Crippen LogP contribution >= 0.6 is 0 Å². The molecule has 0 spiro atoms. The Morgan fingerprint density at radius 1 is 0.895 bits per heavy atom. The van der Waals surface area contributed by atoms with E-state index in [9.17, 15) is 0 Å². The molecule has 2 aromatic rings. The summed E-state index contributed by atoms with van der Waals surface area (Å²) in [5.41, 5.74) is 5.90. The van der Waals surface area contributed by atoms with Crippen LogP contribution in [0.2, 0.25) is 0 Å². The van der Waals surface area contributed by atoms with Gasteiger partial charge < -0.3 is 0 Å². The van der Waals surface area contributed by atoms with E-state index < -0.39 is 0 Å². The molecule has 0 nitrogen and oxygen atoms in total. The molecule has 0 radical (unpaired) electrons. The first-order valence-corrected chi connectivity index (χ1v) is 7.17. The maximum atomic E-state index is 2.31. The van der Waals surface area contributed by atoms with Gasteiger partial charge in [0.2, 0.25) is 0 Å². The Kier molecular flexibility index (Phi) is 4.09. The minimum Gasteiger partial charge on any atom is -0.0646 e. The first kappa shape index (κ1) is 13.9. The molecule has 2 rings (SSSR count). The van der Waals surface area contributed by atoms with Gasteiger partial charge in [-0.2, -0.15) is 0 Å². The van der Waals surface area contributed by atoms with E-state index in [1.807, 2.05) is 0 Å². The van der Waals surface area contributed by atoms with E-state index in [1.165, 1.54) is 28.7 Å². The first-order valence-electron chi connectivity index (χ1n) is 7.17. The first-order chi connectivity index (χ1) is 9.03. The van der Waals surface area contributed by atoms with Crippen molar-refractivity contribution in [2.75, 3.05) is 0 Å². The van der Waals surface area contributed by atoms with Crippen LogP contribution in [0, 0.1) is 6.92 Å². The van der Waals surface area contributed by atoms with Crippen LogP contribution in [-0.2, 0) is 11.8 Å². The van der Waals surface area contributed by atoms with Crippen LogP contribution in [0.1, 0.15) is 49.4 Å². The van der Waals surface area contributed by atoms with Crippen molar-refractivity contribution in [3.8, 4) is 0 Å². The second kappa shape index (κ2) is 5.61. The topological polar surface area (TPSA) is 0 Å².